The third-order valence-corrected chi connectivity index (χ3v) is 1.19. The molecule has 0 spiro atoms. The van der Waals surface area contributed by atoms with E-state index in [2.05, 4.69) is 9.97 Å². The van der Waals surface area contributed by atoms with Crippen LogP contribution >= 0.6 is 11.6 Å². The van der Waals surface area contributed by atoms with E-state index in [1.54, 1.807) is 0 Å². The van der Waals surface area contributed by atoms with Gasteiger partial charge in [0.05, 0.1) is 11.2 Å². The molecule has 0 saturated carbocycles. The maximum absolute atomic E-state index is 12.2. The maximum Gasteiger partial charge on any atom is 0.356 e. The number of nitrogens with zero attached hydrogens (tertiary/aromatic N) is 2. The Balaban J connectivity index is 3.23. The molecule has 11 heavy (non-hydrogen) atoms. The van der Waals surface area contributed by atoms with Crippen molar-refractivity contribution in [2.45, 2.75) is 0 Å². The average molecular weight is 177 g/mol. The van der Waals surface area contributed by atoms with Gasteiger partial charge >= 0.3 is 12.0 Å². The summed E-state index contributed by atoms with van der Waals surface area (Å²) >= 11 is 5.32. The second-order valence-corrected chi connectivity index (χ2v) is 2.05. The van der Waals surface area contributed by atoms with Crippen molar-refractivity contribution in [1.82, 2.24) is 9.97 Å². The third-order valence-electron chi connectivity index (χ3n) is 0.917. The lowest BCUT2D eigenvalue weighted by Gasteiger charge is -1.94. The van der Waals surface area contributed by atoms with Crippen molar-refractivity contribution in [3.05, 3.63) is 23.0 Å². The van der Waals surface area contributed by atoms with Crippen molar-refractivity contribution in [1.29, 1.82) is 0 Å². The monoisotopic (exact) mass is 176 g/mol. The van der Waals surface area contributed by atoms with Crippen LogP contribution in [0.15, 0.2) is 6.20 Å². The molecule has 0 aliphatic carbocycles. The van der Waals surface area contributed by atoms with Gasteiger partial charge in [0.2, 0.25) is 0 Å². The molecule has 0 saturated heterocycles. The molecular weight excluding hydrogens is 175 g/mol. The molecule has 0 unspecified atom stereocenters. The van der Waals surface area contributed by atoms with Crippen LogP contribution in [0, 0.1) is 6.08 Å². The molecule has 0 radical (unpaired) electrons. The van der Waals surface area contributed by atoms with E-state index in [9.17, 15) is 9.18 Å². The molecule has 0 amide bonds. The normalized spacial score (nSPS) is 9.64. The highest BCUT2D eigenvalue weighted by molar-refractivity contribution is 6.33. The zero-order chi connectivity index (χ0) is 8.43. The van der Waals surface area contributed by atoms with Crippen LogP contribution in [-0.4, -0.2) is 21.0 Å². The lowest BCUT2D eigenvalue weighted by Crippen LogP contribution is -2.04. The Morgan fingerprint density at radius 1 is 1.73 bits per heavy atom. The first-order chi connectivity index (χ1) is 5.11. The standard InChI is InChI=1S/C5H2ClFN2O2/c6-2-1-8-5(7)9-3(2)4(10)11/h1H,(H,10,11). The van der Waals surface area contributed by atoms with Gasteiger partial charge in [0.1, 0.15) is 0 Å². The molecule has 0 aliphatic rings. The first-order valence-electron chi connectivity index (χ1n) is 2.52. The summed E-state index contributed by atoms with van der Waals surface area (Å²) in [5.41, 5.74) is -0.529. The van der Waals surface area contributed by atoms with E-state index in [0.29, 0.717) is 0 Å². The van der Waals surface area contributed by atoms with Gasteiger partial charge in [-0.3, -0.25) is 0 Å². The molecule has 1 rings (SSSR count). The molecule has 4 nitrogen and oxygen atoms in total. The van der Waals surface area contributed by atoms with E-state index in [-0.39, 0.29) is 5.02 Å². The van der Waals surface area contributed by atoms with Gasteiger partial charge < -0.3 is 5.11 Å². The lowest BCUT2D eigenvalue weighted by molar-refractivity contribution is 0.0689. The fourth-order valence-corrected chi connectivity index (χ4v) is 0.667. The molecule has 6 heteroatoms. The predicted molar refractivity (Wildman–Crippen MR) is 34.0 cm³/mol. The molecule has 0 atom stereocenters. The van der Waals surface area contributed by atoms with Gasteiger partial charge in [0.25, 0.3) is 0 Å². The van der Waals surface area contributed by atoms with Crippen molar-refractivity contribution in [2.75, 3.05) is 0 Å². The van der Waals surface area contributed by atoms with Crippen molar-refractivity contribution < 1.29 is 14.3 Å². The van der Waals surface area contributed by atoms with Crippen molar-refractivity contribution in [3.63, 3.8) is 0 Å². The largest absolute Gasteiger partial charge is 0.476 e. The predicted octanol–water partition coefficient (Wildman–Crippen LogP) is 0.967. The van der Waals surface area contributed by atoms with Crippen LogP contribution in [0.5, 0.6) is 0 Å². The minimum absolute atomic E-state index is 0.182. The Morgan fingerprint density at radius 3 is 2.82 bits per heavy atom. The Labute approximate surface area is 65.7 Å². The van der Waals surface area contributed by atoms with Crippen LogP contribution in [0.4, 0.5) is 4.39 Å². The molecule has 0 fully saturated rings. The van der Waals surface area contributed by atoms with Gasteiger partial charge in [-0.05, 0) is 0 Å². The topological polar surface area (TPSA) is 63.1 Å². The van der Waals surface area contributed by atoms with Crippen molar-refractivity contribution >= 4 is 17.6 Å². The highest BCUT2D eigenvalue weighted by atomic mass is 35.5. The molecule has 1 N–H and O–H groups in total. The summed E-state index contributed by atoms with van der Waals surface area (Å²) in [6, 6.07) is 0. The summed E-state index contributed by atoms with van der Waals surface area (Å²) < 4.78 is 12.2. The number of aromatic nitrogens is 2. The summed E-state index contributed by atoms with van der Waals surface area (Å²) in [6.07, 6.45) is -0.209. The third kappa shape index (κ3) is 1.62. The van der Waals surface area contributed by atoms with Crippen LogP contribution in [-0.2, 0) is 0 Å². The van der Waals surface area contributed by atoms with Gasteiger partial charge in [0.15, 0.2) is 5.69 Å². The van der Waals surface area contributed by atoms with E-state index in [4.69, 9.17) is 16.7 Å². The Hall–Kier alpha value is -1.23. The van der Waals surface area contributed by atoms with E-state index in [1.165, 1.54) is 0 Å². The molecule has 1 aromatic rings. The summed E-state index contributed by atoms with van der Waals surface area (Å²) in [5, 5.41) is 8.17. The molecule has 0 aromatic carbocycles. The number of carboxylic acids is 1. The SMILES string of the molecule is O=C(O)c1nc(F)ncc1Cl. The van der Waals surface area contributed by atoms with Gasteiger partial charge in [0, 0.05) is 0 Å². The number of rotatable bonds is 1. The molecule has 58 valence electrons. The van der Waals surface area contributed by atoms with Crippen LogP contribution in [0.2, 0.25) is 5.02 Å². The first kappa shape index (κ1) is 7.87. The zero-order valence-corrected chi connectivity index (χ0v) is 5.84. The summed E-state index contributed by atoms with van der Waals surface area (Å²) in [5.74, 6) is -1.38. The minimum Gasteiger partial charge on any atom is -0.476 e. The van der Waals surface area contributed by atoms with Crippen LogP contribution < -0.4 is 0 Å². The number of carboxylic acid groups (broad SMARTS) is 1. The Morgan fingerprint density at radius 2 is 2.36 bits per heavy atom. The van der Waals surface area contributed by atoms with E-state index < -0.39 is 17.7 Å². The Bertz CT molecular complexity index is 305. The summed E-state index contributed by atoms with van der Waals surface area (Å²) in [6.45, 7) is 0. The molecule has 0 bridgehead atoms. The van der Waals surface area contributed by atoms with Crippen LogP contribution in [0.1, 0.15) is 10.5 Å². The second-order valence-electron chi connectivity index (χ2n) is 1.64. The number of hydrogen-bond donors (Lipinski definition) is 1. The number of aromatic carboxylic acids is 1. The zero-order valence-electron chi connectivity index (χ0n) is 5.08. The molecule has 1 heterocycles. The molecule has 0 aliphatic heterocycles. The van der Waals surface area contributed by atoms with Crippen molar-refractivity contribution in [2.24, 2.45) is 0 Å². The van der Waals surface area contributed by atoms with E-state index in [1.807, 2.05) is 0 Å². The van der Waals surface area contributed by atoms with E-state index in [0.717, 1.165) is 6.20 Å². The first-order valence-corrected chi connectivity index (χ1v) is 2.90. The number of hydrogen-bond acceptors (Lipinski definition) is 3. The highest BCUT2D eigenvalue weighted by Crippen LogP contribution is 2.10. The summed E-state index contributed by atoms with van der Waals surface area (Å²) in [7, 11) is 0. The quantitative estimate of drug-likeness (QED) is 0.648. The van der Waals surface area contributed by atoms with Gasteiger partial charge in [-0.15, -0.1) is 0 Å². The smallest absolute Gasteiger partial charge is 0.356 e. The minimum atomic E-state index is -1.38. The van der Waals surface area contributed by atoms with Crippen LogP contribution in [0.3, 0.4) is 0 Å². The second kappa shape index (κ2) is 2.79. The van der Waals surface area contributed by atoms with Gasteiger partial charge in [-0.2, -0.15) is 9.37 Å². The van der Waals surface area contributed by atoms with Crippen LogP contribution in [0.25, 0.3) is 0 Å². The number of halogens is 2. The fourth-order valence-electron chi connectivity index (χ4n) is 0.496. The van der Waals surface area contributed by atoms with Crippen molar-refractivity contribution in [3.8, 4) is 0 Å². The average Bonchev–Trinajstić information content (AvgIpc) is 1.94. The van der Waals surface area contributed by atoms with E-state index >= 15 is 0 Å². The highest BCUT2D eigenvalue weighted by Gasteiger charge is 2.11. The summed E-state index contributed by atoms with van der Waals surface area (Å²) in [4.78, 5) is 16.2. The fraction of sp³-hybridized carbons (Fsp3) is 0. The maximum atomic E-state index is 12.2. The van der Waals surface area contributed by atoms with Gasteiger partial charge in [-0.25, -0.2) is 9.78 Å². The number of carbonyl (C=O) groups is 1. The molecular formula is C5H2ClFN2O2. The van der Waals surface area contributed by atoms with Gasteiger partial charge in [-0.1, -0.05) is 11.6 Å². The molecule has 1 aromatic heterocycles. The lowest BCUT2D eigenvalue weighted by atomic mass is 10.4. The Kier molecular flexibility index (Phi) is 2.00.